The molecule has 0 radical (unpaired) electrons. The second-order valence-electron chi connectivity index (χ2n) is 4.54. The number of nitrogens with zero attached hydrogens (tertiary/aromatic N) is 2. The Morgan fingerprint density at radius 1 is 1.42 bits per heavy atom. The van der Waals surface area contributed by atoms with Gasteiger partial charge in [-0.15, -0.1) is 0 Å². The minimum atomic E-state index is 0.0922. The normalized spacial score (nSPS) is 16.6. The molecule has 19 heavy (non-hydrogen) atoms. The van der Waals surface area contributed by atoms with Crippen LogP contribution in [0.15, 0.2) is 18.3 Å². The van der Waals surface area contributed by atoms with Crippen molar-refractivity contribution in [3.8, 4) is 5.75 Å². The number of aliphatic hydroxyl groups excluding tert-OH is 1. The largest absolute Gasteiger partial charge is 0.490 e. The zero-order chi connectivity index (χ0) is 13.5. The Kier molecular flexibility index (Phi) is 5.42. The van der Waals surface area contributed by atoms with E-state index in [-0.39, 0.29) is 12.7 Å². The molecule has 1 fully saturated rings. The molecule has 1 aromatic heterocycles. The van der Waals surface area contributed by atoms with Gasteiger partial charge in [0.15, 0.2) is 11.6 Å². The highest BCUT2D eigenvalue weighted by Gasteiger charge is 2.22. The summed E-state index contributed by atoms with van der Waals surface area (Å²) in [5, 5.41) is 8.76. The number of aromatic nitrogens is 1. The topological polar surface area (TPSA) is 54.8 Å². The van der Waals surface area contributed by atoms with Crippen LogP contribution in [0.25, 0.3) is 0 Å². The molecule has 5 heteroatoms. The molecule has 1 saturated heterocycles. The number of anilines is 1. The van der Waals surface area contributed by atoms with Gasteiger partial charge in [-0.25, -0.2) is 4.98 Å². The Morgan fingerprint density at radius 2 is 2.21 bits per heavy atom. The number of pyridine rings is 1. The molecular formula is C14H22N2O3. The van der Waals surface area contributed by atoms with Gasteiger partial charge in [-0.2, -0.15) is 0 Å². The Labute approximate surface area is 114 Å². The van der Waals surface area contributed by atoms with E-state index in [9.17, 15) is 0 Å². The first-order valence-electron chi connectivity index (χ1n) is 6.90. The lowest BCUT2D eigenvalue weighted by molar-refractivity contribution is 0.0158. The van der Waals surface area contributed by atoms with E-state index < -0.39 is 0 Å². The number of hydrogen-bond donors (Lipinski definition) is 1. The molecule has 2 heterocycles. The summed E-state index contributed by atoms with van der Waals surface area (Å²) in [7, 11) is 0. The Bertz CT molecular complexity index is 379. The van der Waals surface area contributed by atoms with Gasteiger partial charge in [-0.3, -0.25) is 0 Å². The Morgan fingerprint density at radius 3 is 2.89 bits per heavy atom. The van der Waals surface area contributed by atoms with Crippen molar-refractivity contribution in [2.24, 2.45) is 0 Å². The zero-order valence-corrected chi connectivity index (χ0v) is 11.4. The maximum absolute atomic E-state index is 8.76. The van der Waals surface area contributed by atoms with Gasteiger partial charge >= 0.3 is 0 Å². The van der Waals surface area contributed by atoms with Crippen LogP contribution in [0.1, 0.15) is 19.8 Å². The highest BCUT2D eigenvalue weighted by molar-refractivity contribution is 5.52. The maximum atomic E-state index is 8.76. The third kappa shape index (κ3) is 3.81. The molecule has 0 atom stereocenters. The highest BCUT2D eigenvalue weighted by Crippen LogP contribution is 2.28. The van der Waals surface area contributed by atoms with Crippen LogP contribution in [0, 0.1) is 0 Å². The zero-order valence-electron chi connectivity index (χ0n) is 11.4. The molecule has 5 nitrogen and oxygen atoms in total. The van der Waals surface area contributed by atoms with Crippen molar-refractivity contribution < 1.29 is 14.6 Å². The monoisotopic (exact) mass is 266 g/mol. The fourth-order valence-electron chi connectivity index (χ4n) is 2.34. The van der Waals surface area contributed by atoms with Crippen LogP contribution >= 0.6 is 0 Å². The number of aliphatic hydroxyl groups is 1. The van der Waals surface area contributed by atoms with Crippen molar-refractivity contribution in [3.63, 3.8) is 0 Å². The van der Waals surface area contributed by atoms with E-state index >= 15 is 0 Å². The summed E-state index contributed by atoms with van der Waals surface area (Å²) in [6.45, 7) is 4.97. The first-order valence-corrected chi connectivity index (χ1v) is 6.90. The molecule has 0 amide bonds. The predicted molar refractivity (Wildman–Crippen MR) is 73.7 cm³/mol. The van der Waals surface area contributed by atoms with Crippen LogP contribution in [0.3, 0.4) is 0 Å². The van der Waals surface area contributed by atoms with Crippen molar-refractivity contribution in [1.29, 1.82) is 0 Å². The third-order valence-electron chi connectivity index (χ3n) is 3.24. The van der Waals surface area contributed by atoms with Gasteiger partial charge in [-0.1, -0.05) is 0 Å². The lowest BCUT2D eigenvalue weighted by Gasteiger charge is -2.33. The molecule has 0 unspecified atom stereocenters. The molecule has 0 aliphatic carbocycles. The van der Waals surface area contributed by atoms with E-state index in [4.69, 9.17) is 14.6 Å². The highest BCUT2D eigenvalue weighted by atomic mass is 16.5. The number of piperidine rings is 1. The molecular weight excluding hydrogens is 244 g/mol. The minimum Gasteiger partial charge on any atom is -0.490 e. The summed E-state index contributed by atoms with van der Waals surface area (Å²) in [6.07, 6.45) is 3.97. The molecule has 1 aliphatic heterocycles. The third-order valence-corrected chi connectivity index (χ3v) is 3.24. The summed E-state index contributed by atoms with van der Waals surface area (Å²) in [5.41, 5.74) is 0. The lowest BCUT2D eigenvalue weighted by atomic mass is 10.1. The average Bonchev–Trinajstić information content (AvgIpc) is 2.47. The standard InChI is InChI=1S/C14H22N2O3/c1-2-18-13-4-3-7-15-14(13)16-8-5-12(6-9-16)19-11-10-17/h3-4,7,12,17H,2,5-6,8-11H2,1H3. The van der Waals surface area contributed by atoms with Crippen molar-refractivity contribution in [1.82, 2.24) is 4.98 Å². The Hall–Kier alpha value is -1.33. The van der Waals surface area contributed by atoms with Crippen LogP contribution in [0.2, 0.25) is 0 Å². The van der Waals surface area contributed by atoms with Crippen LogP contribution in [0.5, 0.6) is 5.75 Å². The predicted octanol–water partition coefficient (Wildman–Crippen LogP) is 1.46. The molecule has 106 valence electrons. The van der Waals surface area contributed by atoms with Crippen LogP contribution in [0.4, 0.5) is 5.82 Å². The van der Waals surface area contributed by atoms with E-state index in [1.54, 1.807) is 6.20 Å². The van der Waals surface area contributed by atoms with Crippen molar-refractivity contribution in [3.05, 3.63) is 18.3 Å². The fourth-order valence-corrected chi connectivity index (χ4v) is 2.34. The lowest BCUT2D eigenvalue weighted by Crippen LogP contribution is -2.38. The van der Waals surface area contributed by atoms with Gasteiger partial charge in [-0.05, 0) is 31.9 Å². The van der Waals surface area contributed by atoms with Crippen LogP contribution < -0.4 is 9.64 Å². The van der Waals surface area contributed by atoms with Gasteiger partial charge in [0, 0.05) is 19.3 Å². The van der Waals surface area contributed by atoms with E-state index in [0.29, 0.717) is 13.2 Å². The summed E-state index contributed by atoms with van der Waals surface area (Å²) >= 11 is 0. The molecule has 1 aromatic rings. The second-order valence-corrected chi connectivity index (χ2v) is 4.54. The summed E-state index contributed by atoms with van der Waals surface area (Å²) in [6, 6.07) is 3.85. The van der Waals surface area contributed by atoms with Crippen molar-refractivity contribution in [2.45, 2.75) is 25.9 Å². The first-order chi connectivity index (χ1) is 9.35. The fraction of sp³-hybridized carbons (Fsp3) is 0.643. The molecule has 0 aromatic carbocycles. The van der Waals surface area contributed by atoms with E-state index in [1.807, 2.05) is 19.1 Å². The van der Waals surface area contributed by atoms with Crippen LogP contribution in [-0.2, 0) is 4.74 Å². The molecule has 1 aliphatic rings. The van der Waals surface area contributed by atoms with E-state index in [0.717, 1.165) is 37.5 Å². The summed E-state index contributed by atoms with van der Waals surface area (Å²) in [5.74, 6) is 1.77. The summed E-state index contributed by atoms with van der Waals surface area (Å²) < 4.78 is 11.2. The molecule has 0 bridgehead atoms. The van der Waals surface area contributed by atoms with E-state index in [1.165, 1.54) is 0 Å². The number of hydrogen-bond acceptors (Lipinski definition) is 5. The SMILES string of the molecule is CCOc1cccnc1N1CCC(OCCO)CC1. The molecule has 2 rings (SSSR count). The van der Waals surface area contributed by atoms with Crippen LogP contribution in [-0.4, -0.2) is 49.1 Å². The van der Waals surface area contributed by atoms with Gasteiger partial charge in [0.25, 0.3) is 0 Å². The van der Waals surface area contributed by atoms with E-state index in [2.05, 4.69) is 9.88 Å². The minimum absolute atomic E-state index is 0.0922. The smallest absolute Gasteiger partial charge is 0.171 e. The van der Waals surface area contributed by atoms with Gasteiger partial charge in [0.05, 0.1) is 25.9 Å². The second kappa shape index (κ2) is 7.31. The van der Waals surface area contributed by atoms with Gasteiger partial charge in [0.1, 0.15) is 0 Å². The summed E-state index contributed by atoms with van der Waals surface area (Å²) in [4.78, 5) is 6.67. The molecule has 0 spiro atoms. The number of rotatable bonds is 6. The first kappa shape index (κ1) is 14.1. The maximum Gasteiger partial charge on any atom is 0.171 e. The number of ether oxygens (including phenoxy) is 2. The van der Waals surface area contributed by atoms with Crippen molar-refractivity contribution >= 4 is 5.82 Å². The van der Waals surface area contributed by atoms with Gasteiger partial charge < -0.3 is 19.5 Å². The average molecular weight is 266 g/mol. The molecule has 1 N–H and O–H groups in total. The molecule has 0 saturated carbocycles. The quantitative estimate of drug-likeness (QED) is 0.844. The Balaban J connectivity index is 1.93. The van der Waals surface area contributed by atoms with Crippen molar-refractivity contribution in [2.75, 3.05) is 37.8 Å². The van der Waals surface area contributed by atoms with Gasteiger partial charge in [0.2, 0.25) is 0 Å².